The normalized spacial score (nSPS) is 15.8. The van der Waals surface area contributed by atoms with Crippen LogP contribution in [0.3, 0.4) is 0 Å². The van der Waals surface area contributed by atoms with Gasteiger partial charge < -0.3 is 4.74 Å². The minimum Gasteiger partial charge on any atom is -0.492 e. The van der Waals surface area contributed by atoms with Gasteiger partial charge in [-0.1, -0.05) is 18.6 Å². The molecule has 0 saturated carbocycles. The summed E-state index contributed by atoms with van der Waals surface area (Å²) in [6.45, 7) is 4.94. The highest BCUT2D eigenvalue weighted by atomic mass is 32.2. The number of ether oxygens (including phenoxy) is 1. The molecule has 0 amide bonds. The number of hydrogen-bond acceptors (Lipinski definition) is 5. The summed E-state index contributed by atoms with van der Waals surface area (Å²) in [5.74, 6) is 0.485. The second-order valence-electron chi connectivity index (χ2n) is 7.45. The first-order valence-electron chi connectivity index (χ1n) is 10.00. The zero-order chi connectivity index (χ0) is 21.8. The van der Waals surface area contributed by atoms with Gasteiger partial charge in [-0.2, -0.15) is 4.31 Å². The van der Waals surface area contributed by atoms with Gasteiger partial charge in [-0.15, -0.1) is 0 Å². The quantitative estimate of drug-likeness (QED) is 0.622. The Hall–Kier alpha value is -1.94. The van der Waals surface area contributed by atoms with Gasteiger partial charge in [0.05, 0.1) is 9.79 Å². The van der Waals surface area contributed by atoms with E-state index in [-0.39, 0.29) is 22.9 Å². The van der Waals surface area contributed by atoms with Crippen molar-refractivity contribution in [1.82, 2.24) is 9.03 Å². The number of aryl methyl sites for hydroxylation is 2. The van der Waals surface area contributed by atoms with E-state index in [0.29, 0.717) is 24.4 Å². The molecule has 164 valence electrons. The van der Waals surface area contributed by atoms with Gasteiger partial charge in [0.15, 0.2) is 0 Å². The van der Waals surface area contributed by atoms with Crippen molar-refractivity contribution in [2.45, 2.75) is 42.9 Å². The molecule has 2 aromatic rings. The fourth-order valence-corrected chi connectivity index (χ4v) is 6.24. The molecule has 1 N–H and O–H groups in total. The molecule has 1 aliphatic rings. The van der Waals surface area contributed by atoms with Crippen LogP contribution in [0.4, 0.5) is 0 Å². The predicted molar refractivity (Wildman–Crippen MR) is 116 cm³/mol. The Morgan fingerprint density at radius 3 is 2.27 bits per heavy atom. The molecule has 1 saturated heterocycles. The molecule has 9 heteroatoms. The number of nitrogens with zero attached hydrogens (tertiary/aromatic N) is 1. The lowest BCUT2D eigenvalue weighted by molar-refractivity contribution is 0.322. The highest BCUT2D eigenvalue weighted by Gasteiger charge is 2.25. The van der Waals surface area contributed by atoms with E-state index in [4.69, 9.17) is 4.74 Å². The fraction of sp³-hybridized carbons (Fsp3) is 0.429. The van der Waals surface area contributed by atoms with E-state index in [2.05, 4.69) is 4.72 Å². The highest BCUT2D eigenvalue weighted by molar-refractivity contribution is 7.89. The molecule has 1 heterocycles. The summed E-state index contributed by atoms with van der Waals surface area (Å²) in [5.41, 5.74) is 1.55. The Kier molecular flexibility index (Phi) is 7.18. The van der Waals surface area contributed by atoms with Crippen molar-refractivity contribution in [1.29, 1.82) is 0 Å². The monoisotopic (exact) mass is 452 g/mol. The van der Waals surface area contributed by atoms with Gasteiger partial charge in [0.1, 0.15) is 12.4 Å². The van der Waals surface area contributed by atoms with Crippen molar-refractivity contribution in [2.24, 2.45) is 0 Å². The Balaban J connectivity index is 1.55. The van der Waals surface area contributed by atoms with Crippen molar-refractivity contribution in [3.05, 3.63) is 53.6 Å². The van der Waals surface area contributed by atoms with Crippen LogP contribution in [-0.4, -0.2) is 47.4 Å². The topological polar surface area (TPSA) is 92.8 Å². The van der Waals surface area contributed by atoms with Gasteiger partial charge in [-0.05, 0) is 68.1 Å². The summed E-state index contributed by atoms with van der Waals surface area (Å²) in [5, 5.41) is 0. The molecule has 1 fully saturated rings. The Morgan fingerprint density at radius 1 is 0.933 bits per heavy atom. The summed E-state index contributed by atoms with van der Waals surface area (Å²) in [4.78, 5) is 0.502. The van der Waals surface area contributed by atoms with Gasteiger partial charge in [-0.3, -0.25) is 0 Å². The fourth-order valence-electron chi connectivity index (χ4n) is 3.38. The number of piperidine rings is 1. The molecule has 0 aliphatic carbocycles. The van der Waals surface area contributed by atoms with Crippen molar-refractivity contribution in [3.63, 3.8) is 0 Å². The van der Waals surface area contributed by atoms with E-state index < -0.39 is 20.0 Å². The van der Waals surface area contributed by atoms with E-state index in [9.17, 15) is 16.8 Å². The molecular formula is C21H28N2O5S2. The lowest BCUT2D eigenvalue weighted by Crippen LogP contribution is -2.35. The first-order valence-corrected chi connectivity index (χ1v) is 12.9. The Bertz CT molecular complexity index is 1070. The predicted octanol–water partition coefficient (Wildman–Crippen LogP) is 2.84. The van der Waals surface area contributed by atoms with Crippen molar-refractivity contribution in [2.75, 3.05) is 26.2 Å². The van der Waals surface area contributed by atoms with E-state index >= 15 is 0 Å². The van der Waals surface area contributed by atoms with Crippen LogP contribution in [0.5, 0.6) is 5.75 Å². The summed E-state index contributed by atoms with van der Waals surface area (Å²) in [7, 11) is -7.10. The number of hydrogen-bond donors (Lipinski definition) is 1. The second kappa shape index (κ2) is 9.47. The van der Waals surface area contributed by atoms with Crippen LogP contribution in [0.2, 0.25) is 0 Å². The van der Waals surface area contributed by atoms with Crippen LogP contribution in [0, 0.1) is 13.8 Å². The number of rotatable bonds is 8. The summed E-state index contributed by atoms with van der Waals surface area (Å²) >= 11 is 0. The third-order valence-corrected chi connectivity index (χ3v) is 8.59. The number of benzene rings is 2. The molecule has 0 unspecified atom stereocenters. The van der Waals surface area contributed by atoms with E-state index in [1.54, 1.807) is 31.2 Å². The average molecular weight is 453 g/mol. The molecule has 2 aromatic carbocycles. The number of sulfonamides is 2. The Morgan fingerprint density at radius 2 is 1.60 bits per heavy atom. The first kappa shape index (κ1) is 22.7. The van der Waals surface area contributed by atoms with Crippen molar-refractivity contribution < 1.29 is 21.6 Å². The largest absolute Gasteiger partial charge is 0.492 e. The molecule has 3 rings (SSSR count). The minimum absolute atomic E-state index is 0.101. The average Bonchev–Trinajstić information content (AvgIpc) is 2.74. The Labute approximate surface area is 179 Å². The molecule has 30 heavy (non-hydrogen) atoms. The van der Waals surface area contributed by atoms with Crippen molar-refractivity contribution >= 4 is 20.0 Å². The molecule has 0 aromatic heterocycles. The molecule has 0 atom stereocenters. The van der Waals surface area contributed by atoms with Crippen LogP contribution in [-0.2, 0) is 20.0 Å². The third kappa shape index (κ3) is 5.40. The maximum atomic E-state index is 12.7. The van der Waals surface area contributed by atoms with E-state index in [0.717, 1.165) is 24.8 Å². The smallest absolute Gasteiger partial charge is 0.243 e. The van der Waals surface area contributed by atoms with E-state index in [1.807, 2.05) is 13.0 Å². The lowest BCUT2D eigenvalue weighted by Gasteiger charge is -2.25. The van der Waals surface area contributed by atoms with Gasteiger partial charge in [0.25, 0.3) is 0 Å². The zero-order valence-corrected chi connectivity index (χ0v) is 18.9. The molecule has 0 spiro atoms. The van der Waals surface area contributed by atoms with Crippen LogP contribution in [0.15, 0.2) is 52.3 Å². The molecule has 1 aliphatic heterocycles. The SMILES string of the molecule is Cc1ccc(C)c(S(=O)(=O)NCCOc2ccc(S(=O)(=O)N3CCCCC3)cc2)c1. The van der Waals surface area contributed by atoms with Crippen LogP contribution in [0.1, 0.15) is 30.4 Å². The van der Waals surface area contributed by atoms with Gasteiger partial charge in [0.2, 0.25) is 20.0 Å². The second-order valence-corrected chi connectivity index (χ2v) is 11.1. The maximum absolute atomic E-state index is 12.7. The van der Waals surface area contributed by atoms with Crippen LogP contribution < -0.4 is 9.46 Å². The molecule has 7 nitrogen and oxygen atoms in total. The highest BCUT2D eigenvalue weighted by Crippen LogP contribution is 2.22. The lowest BCUT2D eigenvalue weighted by atomic mass is 10.2. The molecule has 0 bridgehead atoms. The van der Waals surface area contributed by atoms with Gasteiger partial charge in [-0.25, -0.2) is 21.6 Å². The summed E-state index contributed by atoms with van der Waals surface area (Å²) in [6, 6.07) is 11.5. The summed E-state index contributed by atoms with van der Waals surface area (Å²) < 4.78 is 59.9. The standard InChI is InChI=1S/C21H28N2O5S2/c1-17-6-7-18(2)21(16-17)29(24,25)22-12-15-28-19-8-10-20(11-9-19)30(26,27)23-13-4-3-5-14-23/h6-11,16,22H,3-5,12-15H2,1-2H3. The zero-order valence-electron chi connectivity index (χ0n) is 17.3. The minimum atomic E-state index is -3.62. The van der Waals surface area contributed by atoms with Gasteiger partial charge >= 0.3 is 0 Å². The van der Waals surface area contributed by atoms with E-state index in [1.165, 1.54) is 16.4 Å². The number of nitrogens with one attached hydrogen (secondary N) is 1. The van der Waals surface area contributed by atoms with Crippen LogP contribution in [0.25, 0.3) is 0 Å². The third-order valence-electron chi connectivity index (χ3n) is 5.07. The van der Waals surface area contributed by atoms with Crippen molar-refractivity contribution in [3.8, 4) is 5.75 Å². The summed E-state index contributed by atoms with van der Waals surface area (Å²) in [6.07, 6.45) is 2.84. The molecular weight excluding hydrogens is 424 g/mol. The maximum Gasteiger partial charge on any atom is 0.243 e. The molecule has 0 radical (unpaired) electrons. The first-order chi connectivity index (χ1) is 14.2. The van der Waals surface area contributed by atoms with Gasteiger partial charge in [0, 0.05) is 19.6 Å². The van der Waals surface area contributed by atoms with Crippen LogP contribution >= 0.6 is 0 Å².